The fourth-order valence-electron chi connectivity index (χ4n) is 3.42. The summed E-state index contributed by atoms with van der Waals surface area (Å²) < 4.78 is 67.6. The molecule has 0 aliphatic heterocycles. The molecule has 226 valence electrons. The first-order chi connectivity index (χ1) is 20.1. The number of carbonyl (C=O) groups is 2. The zero-order valence-corrected chi connectivity index (χ0v) is 22.5. The molecule has 1 aromatic carbocycles. The summed E-state index contributed by atoms with van der Waals surface area (Å²) >= 11 is 1.53. The minimum absolute atomic E-state index is 0.107. The number of carboxylic acid groups (broad SMARTS) is 2. The summed E-state index contributed by atoms with van der Waals surface area (Å²) in [7, 11) is 1.69. The number of halogens is 6. The second kappa shape index (κ2) is 13.3. The van der Waals surface area contributed by atoms with Crippen molar-refractivity contribution in [3.05, 3.63) is 88.5 Å². The molecule has 0 atom stereocenters. The zero-order valence-electron chi connectivity index (χ0n) is 21.7. The molecule has 0 saturated heterocycles. The van der Waals surface area contributed by atoms with Gasteiger partial charge in [0.1, 0.15) is 5.69 Å². The molecule has 5 rings (SSSR count). The van der Waals surface area contributed by atoms with E-state index in [1.165, 1.54) is 21.6 Å². The van der Waals surface area contributed by atoms with E-state index in [9.17, 15) is 31.1 Å². The molecule has 0 amide bonds. The third-order valence-corrected chi connectivity index (χ3v) is 6.32. The smallest absolute Gasteiger partial charge is 0.475 e. The highest BCUT2D eigenvalue weighted by molar-refractivity contribution is 7.18. The van der Waals surface area contributed by atoms with E-state index in [1.807, 2.05) is 52.8 Å². The molecule has 0 aliphatic rings. The maximum atomic E-state index is 12.9. The van der Waals surface area contributed by atoms with E-state index in [1.54, 1.807) is 19.4 Å². The minimum Gasteiger partial charge on any atom is -0.475 e. The third kappa shape index (κ3) is 8.48. The zero-order chi connectivity index (χ0) is 31.9. The van der Waals surface area contributed by atoms with Crippen molar-refractivity contribution in [2.75, 3.05) is 0 Å². The number of hydrogen-bond donors (Lipinski definition) is 2. The fourth-order valence-corrected chi connectivity index (χ4v) is 4.49. The number of aromatic nitrogens is 5. The molecule has 10 nitrogen and oxygen atoms in total. The molecular weight excluding hydrogens is 608 g/mol. The molecule has 17 heteroatoms. The van der Waals surface area contributed by atoms with Gasteiger partial charge in [0.2, 0.25) is 0 Å². The van der Waals surface area contributed by atoms with Gasteiger partial charge in [0.15, 0.2) is 0 Å². The van der Waals surface area contributed by atoms with E-state index in [2.05, 4.69) is 27.3 Å². The largest absolute Gasteiger partial charge is 0.490 e. The number of alkyl halides is 6. The van der Waals surface area contributed by atoms with Gasteiger partial charge in [0.25, 0.3) is 5.56 Å². The van der Waals surface area contributed by atoms with Crippen molar-refractivity contribution in [2.45, 2.75) is 18.9 Å². The number of aliphatic carboxylic acids is 2. The maximum Gasteiger partial charge on any atom is 0.490 e. The van der Waals surface area contributed by atoms with Crippen LogP contribution < -0.4 is 5.56 Å². The van der Waals surface area contributed by atoms with Gasteiger partial charge in [-0.05, 0) is 17.7 Å². The number of carboxylic acids is 2. The lowest BCUT2D eigenvalue weighted by Gasteiger charge is -2.06. The Hall–Kier alpha value is -5.06. The minimum atomic E-state index is -5.08. The van der Waals surface area contributed by atoms with E-state index in [0.717, 1.165) is 27.1 Å². The highest BCUT2D eigenvalue weighted by Gasteiger charge is 2.38. The molecule has 0 saturated carbocycles. The molecule has 0 spiro atoms. The number of pyridine rings is 1. The van der Waals surface area contributed by atoms with Crippen LogP contribution in [-0.4, -0.2) is 59.0 Å². The standard InChI is InChI=1S/C22H17N5OS.2C2HF3O2/c1-26-22(28)19-18(14-29-21(19)20(25-26)16-7-9-23-10-8-16)17-11-24-27(13-17)12-15-5-3-2-4-6-15;2*3-2(4,5)1(6)7/h2-11,13-14H,12H2,1H3;2*(H,6,7). The summed E-state index contributed by atoms with van der Waals surface area (Å²) in [6, 6.07) is 14.0. The van der Waals surface area contributed by atoms with Crippen molar-refractivity contribution in [1.82, 2.24) is 24.5 Å². The van der Waals surface area contributed by atoms with E-state index in [-0.39, 0.29) is 5.56 Å². The van der Waals surface area contributed by atoms with Crippen molar-refractivity contribution in [3.63, 3.8) is 0 Å². The van der Waals surface area contributed by atoms with Gasteiger partial charge in [0.05, 0.1) is 22.8 Å². The monoisotopic (exact) mass is 627 g/mol. The average molecular weight is 628 g/mol. The summed E-state index contributed by atoms with van der Waals surface area (Å²) in [6.07, 6.45) is -2.90. The summed E-state index contributed by atoms with van der Waals surface area (Å²) in [6.45, 7) is 0.685. The van der Waals surface area contributed by atoms with E-state index < -0.39 is 24.3 Å². The van der Waals surface area contributed by atoms with Crippen LogP contribution in [0.1, 0.15) is 5.56 Å². The van der Waals surface area contributed by atoms with Crippen LogP contribution in [0.5, 0.6) is 0 Å². The van der Waals surface area contributed by atoms with Gasteiger partial charge in [0, 0.05) is 47.7 Å². The second-order valence-corrected chi connectivity index (χ2v) is 9.26. The Balaban J connectivity index is 0.000000303. The summed E-state index contributed by atoms with van der Waals surface area (Å²) in [4.78, 5) is 34.8. The van der Waals surface area contributed by atoms with Gasteiger partial charge in [-0.15, -0.1) is 11.3 Å². The molecule has 4 heterocycles. The van der Waals surface area contributed by atoms with Crippen LogP contribution in [0, 0.1) is 0 Å². The lowest BCUT2D eigenvalue weighted by molar-refractivity contribution is -0.193. The molecular formula is C26H19F6N5O5S. The van der Waals surface area contributed by atoms with Crippen LogP contribution in [0.25, 0.3) is 32.5 Å². The number of fused-ring (bicyclic) bond motifs is 1. The molecule has 5 aromatic rings. The molecule has 0 bridgehead atoms. The van der Waals surface area contributed by atoms with Crippen molar-refractivity contribution in [1.29, 1.82) is 0 Å². The van der Waals surface area contributed by atoms with Gasteiger partial charge in [-0.1, -0.05) is 30.3 Å². The van der Waals surface area contributed by atoms with E-state index in [4.69, 9.17) is 19.8 Å². The van der Waals surface area contributed by atoms with Crippen LogP contribution in [0.2, 0.25) is 0 Å². The van der Waals surface area contributed by atoms with Crippen molar-refractivity contribution in [3.8, 4) is 22.4 Å². The van der Waals surface area contributed by atoms with Gasteiger partial charge in [-0.25, -0.2) is 14.3 Å². The number of aryl methyl sites for hydroxylation is 1. The molecule has 0 unspecified atom stereocenters. The van der Waals surface area contributed by atoms with E-state index in [0.29, 0.717) is 11.9 Å². The number of rotatable bonds is 4. The Morgan fingerprint density at radius 2 is 1.47 bits per heavy atom. The Kier molecular flexibility index (Phi) is 10.0. The van der Waals surface area contributed by atoms with Crippen molar-refractivity contribution >= 4 is 33.4 Å². The quantitative estimate of drug-likeness (QED) is 0.258. The Bertz CT molecular complexity index is 1740. The first kappa shape index (κ1) is 32.5. The molecule has 4 aromatic heterocycles. The first-order valence-corrected chi connectivity index (χ1v) is 12.5. The predicted octanol–water partition coefficient (Wildman–Crippen LogP) is 5.24. The molecule has 0 fully saturated rings. The van der Waals surface area contributed by atoms with Gasteiger partial charge >= 0.3 is 24.3 Å². The normalized spacial score (nSPS) is 11.2. The van der Waals surface area contributed by atoms with Gasteiger partial charge in [-0.3, -0.25) is 14.5 Å². The highest BCUT2D eigenvalue weighted by Crippen LogP contribution is 2.36. The molecule has 2 N–H and O–H groups in total. The Morgan fingerprint density at radius 3 is 2.00 bits per heavy atom. The van der Waals surface area contributed by atoms with E-state index >= 15 is 0 Å². The number of thiophene rings is 1. The summed E-state index contributed by atoms with van der Waals surface area (Å²) in [5, 5.41) is 25.9. The molecule has 0 aliphatic carbocycles. The Morgan fingerprint density at radius 1 is 0.907 bits per heavy atom. The number of benzene rings is 1. The highest BCUT2D eigenvalue weighted by atomic mass is 32.1. The lowest BCUT2D eigenvalue weighted by Crippen LogP contribution is -2.21. The number of nitrogens with zero attached hydrogens (tertiary/aromatic N) is 5. The van der Waals surface area contributed by atoms with Crippen molar-refractivity contribution in [2.24, 2.45) is 7.05 Å². The van der Waals surface area contributed by atoms with Crippen LogP contribution in [0.3, 0.4) is 0 Å². The fraction of sp³-hybridized carbons (Fsp3) is 0.154. The first-order valence-electron chi connectivity index (χ1n) is 11.7. The van der Waals surface area contributed by atoms with Crippen molar-refractivity contribution < 1.29 is 46.1 Å². The summed E-state index contributed by atoms with van der Waals surface area (Å²) in [5.74, 6) is -5.51. The van der Waals surface area contributed by atoms with Crippen LogP contribution in [-0.2, 0) is 23.2 Å². The summed E-state index contributed by atoms with van der Waals surface area (Å²) in [5.41, 5.74) is 4.62. The SMILES string of the molecule is Cn1nc(-c2ccncc2)c2scc(-c3cnn(Cc4ccccc4)c3)c2c1=O.O=C(O)C(F)(F)F.O=C(O)C(F)(F)F. The van der Waals surface area contributed by atoms with Gasteiger partial charge in [-0.2, -0.15) is 36.5 Å². The van der Waals surface area contributed by atoms with Crippen LogP contribution in [0.15, 0.2) is 77.4 Å². The maximum absolute atomic E-state index is 12.9. The predicted molar refractivity (Wildman–Crippen MR) is 142 cm³/mol. The average Bonchev–Trinajstić information content (AvgIpc) is 3.59. The lowest BCUT2D eigenvalue weighted by atomic mass is 10.1. The molecule has 43 heavy (non-hydrogen) atoms. The van der Waals surface area contributed by atoms with Gasteiger partial charge < -0.3 is 10.2 Å². The molecule has 0 radical (unpaired) electrons. The second-order valence-electron chi connectivity index (χ2n) is 8.38. The third-order valence-electron chi connectivity index (χ3n) is 5.33. The van der Waals surface area contributed by atoms with Crippen LogP contribution in [0.4, 0.5) is 26.3 Å². The topological polar surface area (TPSA) is 140 Å². The van der Waals surface area contributed by atoms with Crippen LogP contribution >= 0.6 is 11.3 Å². The number of hydrogen-bond acceptors (Lipinski definition) is 7. The Labute approximate surface area is 241 Å².